The summed E-state index contributed by atoms with van der Waals surface area (Å²) in [6.45, 7) is 2.41. The Balaban J connectivity index is 2.07. The van der Waals surface area contributed by atoms with Crippen LogP contribution in [0, 0.1) is 0 Å². The minimum absolute atomic E-state index is 0.303. The largest absolute Gasteiger partial charge is 0.313 e. The molecular formula is C12H20N2S. The van der Waals surface area contributed by atoms with Crippen molar-refractivity contribution in [2.45, 2.75) is 24.8 Å². The first-order valence-corrected chi connectivity index (χ1v) is 6.52. The maximum absolute atomic E-state index is 3.55. The lowest BCUT2D eigenvalue weighted by Gasteiger charge is -2.41. The Kier molecular flexibility index (Phi) is 3.44. The van der Waals surface area contributed by atoms with Gasteiger partial charge in [0.1, 0.15) is 0 Å². The topological polar surface area (TPSA) is 15.3 Å². The number of likely N-dealkylation sites (N-methyl/N-ethyl adjacent to an activating group) is 2. The molecule has 84 valence electrons. The van der Waals surface area contributed by atoms with Crippen LogP contribution in [0.2, 0.25) is 0 Å². The van der Waals surface area contributed by atoms with Crippen LogP contribution in [0.25, 0.3) is 0 Å². The van der Waals surface area contributed by atoms with Crippen LogP contribution in [0.5, 0.6) is 0 Å². The average Bonchev–Trinajstić information content (AvgIpc) is 2.70. The summed E-state index contributed by atoms with van der Waals surface area (Å²) in [7, 11) is 4.33. The van der Waals surface area contributed by atoms with Crippen molar-refractivity contribution in [1.29, 1.82) is 0 Å². The van der Waals surface area contributed by atoms with Gasteiger partial charge >= 0.3 is 0 Å². The van der Waals surface area contributed by atoms with Crippen LogP contribution < -0.4 is 5.32 Å². The quantitative estimate of drug-likeness (QED) is 0.844. The number of piperidine rings is 1. The van der Waals surface area contributed by atoms with Gasteiger partial charge < -0.3 is 10.2 Å². The average molecular weight is 224 g/mol. The number of rotatable bonds is 3. The van der Waals surface area contributed by atoms with Crippen molar-refractivity contribution in [2.24, 2.45) is 0 Å². The van der Waals surface area contributed by atoms with Gasteiger partial charge in [0.15, 0.2) is 0 Å². The van der Waals surface area contributed by atoms with Crippen LogP contribution >= 0.6 is 11.3 Å². The molecule has 1 saturated heterocycles. The number of hydrogen-bond acceptors (Lipinski definition) is 3. The van der Waals surface area contributed by atoms with E-state index in [1.165, 1.54) is 37.2 Å². The van der Waals surface area contributed by atoms with Crippen molar-refractivity contribution in [2.75, 3.05) is 27.2 Å². The number of thiophene rings is 1. The molecule has 0 saturated carbocycles. The first-order valence-electron chi connectivity index (χ1n) is 5.64. The SMILES string of the molecule is CNC1(Cc2cccs2)CCCN(C)C1. The lowest BCUT2D eigenvalue weighted by Crippen LogP contribution is -2.56. The zero-order valence-electron chi connectivity index (χ0n) is 9.62. The summed E-state index contributed by atoms with van der Waals surface area (Å²) < 4.78 is 0. The highest BCUT2D eigenvalue weighted by Crippen LogP contribution is 2.26. The van der Waals surface area contributed by atoms with Crippen molar-refractivity contribution in [3.05, 3.63) is 22.4 Å². The molecule has 1 atom stereocenters. The lowest BCUT2D eigenvalue weighted by molar-refractivity contribution is 0.152. The van der Waals surface area contributed by atoms with E-state index in [2.05, 4.69) is 41.8 Å². The summed E-state index contributed by atoms with van der Waals surface area (Å²) >= 11 is 1.87. The number of nitrogens with zero attached hydrogens (tertiary/aromatic N) is 1. The van der Waals surface area contributed by atoms with Gasteiger partial charge in [-0.15, -0.1) is 11.3 Å². The second-order valence-electron chi connectivity index (χ2n) is 4.63. The van der Waals surface area contributed by atoms with Gasteiger partial charge in [0, 0.05) is 23.4 Å². The molecule has 0 aromatic carbocycles. The molecule has 0 amide bonds. The summed E-state index contributed by atoms with van der Waals surface area (Å²) in [6.07, 6.45) is 3.78. The first-order chi connectivity index (χ1) is 7.24. The molecule has 3 heteroatoms. The molecule has 2 nitrogen and oxygen atoms in total. The third-order valence-electron chi connectivity index (χ3n) is 3.39. The fraction of sp³-hybridized carbons (Fsp3) is 0.667. The Bertz CT molecular complexity index is 297. The second-order valence-corrected chi connectivity index (χ2v) is 5.66. The minimum Gasteiger partial charge on any atom is -0.313 e. The smallest absolute Gasteiger partial charge is 0.0355 e. The van der Waals surface area contributed by atoms with Crippen molar-refractivity contribution >= 4 is 11.3 Å². The molecule has 0 aliphatic carbocycles. The number of hydrogen-bond donors (Lipinski definition) is 1. The van der Waals surface area contributed by atoms with Gasteiger partial charge in [-0.3, -0.25) is 0 Å². The Morgan fingerprint density at radius 1 is 1.60 bits per heavy atom. The fourth-order valence-electron chi connectivity index (χ4n) is 2.55. The van der Waals surface area contributed by atoms with Gasteiger partial charge in [-0.1, -0.05) is 6.07 Å². The van der Waals surface area contributed by atoms with E-state index < -0.39 is 0 Å². The standard InChI is InChI=1S/C12H20N2S/c1-13-12(6-4-7-14(2)10-12)9-11-5-3-8-15-11/h3,5,8,13H,4,6-7,9-10H2,1-2H3. The van der Waals surface area contributed by atoms with Crippen LogP contribution in [0.3, 0.4) is 0 Å². The lowest BCUT2D eigenvalue weighted by atomic mass is 9.85. The van der Waals surface area contributed by atoms with E-state index in [-0.39, 0.29) is 0 Å². The highest BCUT2D eigenvalue weighted by atomic mass is 32.1. The maximum Gasteiger partial charge on any atom is 0.0355 e. The molecule has 1 N–H and O–H groups in total. The molecular weight excluding hydrogens is 204 g/mol. The molecule has 0 bridgehead atoms. The Morgan fingerprint density at radius 3 is 3.07 bits per heavy atom. The number of nitrogens with one attached hydrogen (secondary N) is 1. The van der Waals surface area contributed by atoms with E-state index in [1.54, 1.807) is 0 Å². The Morgan fingerprint density at radius 2 is 2.47 bits per heavy atom. The monoisotopic (exact) mass is 224 g/mol. The Hall–Kier alpha value is -0.380. The van der Waals surface area contributed by atoms with Gasteiger partial charge in [-0.2, -0.15) is 0 Å². The molecule has 2 rings (SSSR count). The fourth-order valence-corrected chi connectivity index (χ4v) is 3.39. The van der Waals surface area contributed by atoms with E-state index in [0.717, 1.165) is 0 Å². The highest BCUT2D eigenvalue weighted by Gasteiger charge is 2.32. The molecule has 15 heavy (non-hydrogen) atoms. The van der Waals surface area contributed by atoms with Crippen LogP contribution in [0.4, 0.5) is 0 Å². The van der Waals surface area contributed by atoms with Gasteiger partial charge in [0.05, 0.1) is 0 Å². The van der Waals surface area contributed by atoms with Gasteiger partial charge in [-0.05, 0) is 44.9 Å². The zero-order valence-corrected chi connectivity index (χ0v) is 10.4. The predicted octanol–water partition coefficient (Wildman–Crippen LogP) is 1.97. The molecule has 1 fully saturated rings. The van der Waals surface area contributed by atoms with Crippen LogP contribution in [0.1, 0.15) is 17.7 Å². The molecule has 1 aromatic heterocycles. The normalized spacial score (nSPS) is 28.1. The van der Waals surface area contributed by atoms with Crippen LogP contribution in [0.15, 0.2) is 17.5 Å². The maximum atomic E-state index is 3.55. The molecule has 1 unspecified atom stereocenters. The van der Waals surface area contributed by atoms with Gasteiger partial charge in [-0.25, -0.2) is 0 Å². The molecule has 0 radical (unpaired) electrons. The Labute approximate surface area is 96.3 Å². The second kappa shape index (κ2) is 4.64. The van der Waals surface area contributed by atoms with E-state index in [1.807, 2.05) is 11.3 Å². The zero-order chi connectivity index (χ0) is 10.7. The van der Waals surface area contributed by atoms with Crippen molar-refractivity contribution in [3.63, 3.8) is 0 Å². The summed E-state index contributed by atoms with van der Waals surface area (Å²) in [6, 6.07) is 4.40. The third kappa shape index (κ3) is 2.60. The number of likely N-dealkylation sites (tertiary alicyclic amines) is 1. The summed E-state index contributed by atoms with van der Waals surface area (Å²) in [5, 5.41) is 5.72. The van der Waals surface area contributed by atoms with Gasteiger partial charge in [0.2, 0.25) is 0 Å². The molecule has 1 aliphatic rings. The van der Waals surface area contributed by atoms with Crippen molar-refractivity contribution in [1.82, 2.24) is 10.2 Å². The minimum atomic E-state index is 0.303. The summed E-state index contributed by atoms with van der Waals surface area (Å²) in [5.74, 6) is 0. The van der Waals surface area contributed by atoms with E-state index in [9.17, 15) is 0 Å². The van der Waals surface area contributed by atoms with E-state index in [4.69, 9.17) is 0 Å². The summed E-state index contributed by atoms with van der Waals surface area (Å²) in [4.78, 5) is 3.94. The molecule has 1 aromatic rings. The first kappa shape index (κ1) is 11.1. The molecule has 0 spiro atoms. The molecule has 1 aliphatic heterocycles. The van der Waals surface area contributed by atoms with Gasteiger partial charge in [0.25, 0.3) is 0 Å². The van der Waals surface area contributed by atoms with Crippen molar-refractivity contribution < 1.29 is 0 Å². The van der Waals surface area contributed by atoms with E-state index in [0.29, 0.717) is 5.54 Å². The van der Waals surface area contributed by atoms with Crippen molar-refractivity contribution in [3.8, 4) is 0 Å². The third-order valence-corrected chi connectivity index (χ3v) is 4.27. The summed E-state index contributed by atoms with van der Waals surface area (Å²) in [5.41, 5.74) is 0.303. The molecule has 2 heterocycles. The van der Waals surface area contributed by atoms with Crippen LogP contribution in [-0.4, -0.2) is 37.6 Å². The van der Waals surface area contributed by atoms with Crippen LogP contribution in [-0.2, 0) is 6.42 Å². The highest BCUT2D eigenvalue weighted by molar-refractivity contribution is 7.09. The predicted molar refractivity (Wildman–Crippen MR) is 66.5 cm³/mol. The van der Waals surface area contributed by atoms with E-state index >= 15 is 0 Å².